The van der Waals surface area contributed by atoms with E-state index in [4.69, 9.17) is 0 Å². The van der Waals surface area contributed by atoms with Crippen LogP contribution in [0.3, 0.4) is 0 Å². The molecular formula is C13H15N. The van der Waals surface area contributed by atoms with Crippen molar-refractivity contribution in [3.05, 3.63) is 53.9 Å². The van der Waals surface area contributed by atoms with E-state index in [1.165, 1.54) is 5.56 Å². The van der Waals surface area contributed by atoms with Crippen LogP contribution in [0.25, 0.3) is 0 Å². The maximum absolute atomic E-state index is 4.34. The summed E-state index contributed by atoms with van der Waals surface area (Å²) in [7, 11) is 0. The van der Waals surface area contributed by atoms with E-state index in [-0.39, 0.29) is 5.41 Å². The topological polar surface area (TPSA) is 12.9 Å². The first kappa shape index (κ1) is 9.20. The number of hydrogen-bond donors (Lipinski definition) is 0. The van der Waals surface area contributed by atoms with Crippen molar-refractivity contribution in [2.45, 2.75) is 25.7 Å². The maximum atomic E-state index is 4.34. The van der Waals surface area contributed by atoms with Gasteiger partial charge in [0.05, 0.1) is 0 Å². The fourth-order valence-electron chi connectivity index (χ4n) is 1.75. The smallest absolute Gasteiger partial charge is 0.0372 e. The lowest BCUT2D eigenvalue weighted by molar-refractivity contribution is 0.596. The van der Waals surface area contributed by atoms with Gasteiger partial charge in [0.2, 0.25) is 0 Å². The minimum Gasteiger partial charge on any atom is -0.261 e. The first-order valence-corrected chi connectivity index (χ1v) is 4.98. The van der Waals surface area contributed by atoms with Gasteiger partial charge in [0.15, 0.2) is 0 Å². The van der Waals surface area contributed by atoms with Gasteiger partial charge in [-0.25, -0.2) is 0 Å². The van der Waals surface area contributed by atoms with Crippen molar-refractivity contribution in [1.29, 1.82) is 0 Å². The molecule has 1 unspecified atom stereocenters. The SMILES string of the molecule is Cc1ccc(C2(C)C=CC=CC2)cn1. The Morgan fingerprint density at radius 1 is 1.29 bits per heavy atom. The summed E-state index contributed by atoms with van der Waals surface area (Å²) in [6, 6.07) is 4.25. The summed E-state index contributed by atoms with van der Waals surface area (Å²) < 4.78 is 0. The van der Waals surface area contributed by atoms with Crippen LogP contribution in [0.2, 0.25) is 0 Å². The van der Waals surface area contributed by atoms with Crippen molar-refractivity contribution in [2.24, 2.45) is 0 Å². The molecule has 0 saturated carbocycles. The molecule has 0 N–H and O–H groups in total. The molecule has 14 heavy (non-hydrogen) atoms. The number of hydrogen-bond acceptors (Lipinski definition) is 1. The third-order valence-corrected chi connectivity index (χ3v) is 2.82. The standard InChI is InChI=1S/C13H15N/c1-11-6-7-12(10-14-11)13(2)8-4-3-5-9-13/h3-8,10H,9H2,1-2H3. The van der Waals surface area contributed by atoms with Gasteiger partial charge < -0.3 is 0 Å². The second kappa shape index (κ2) is 3.41. The molecule has 1 aromatic rings. The van der Waals surface area contributed by atoms with Crippen molar-refractivity contribution < 1.29 is 0 Å². The molecule has 0 spiro atoms. The number of aromatic nitrogens is 1. The van der Waals surface area contributed by atoms with Crippen LogP contribution in [0.15, 0.2) is 42.6 Å². The largest absolute Gasteiger partial charge is 0.261 e. The molecule has 1 heteroatoms. The molecule has 1 aromatic heterocycles. The van der Waals surface area contributed by atoms with E-state index in [1.54, 1.807) is 0 Å². The van der Waals surface area contributed by atoms with E-state index < -0.39 is 0 Å². The normalized spacial score (nSPS) is 25.3. The molecule has 1 nitrogen and oxygen atoms in total. The van der Waals surface area contributed by atoms with Crippen molar-refractivity contribution >= 4 is 0 Å². The maximum Gasteiger partial charge on any atom is 0.0372 e. The monoisotopic (exact) mass is 185 g/mol. The van der Waals surface area contributed by atoms with E-state index in [1.807, 2.05) is 13.1 Å². The Morgan fingerprint density at radius 2 is 2.14 bits per heavy atom. The molecule has 0 aliphatic heterocycles. The molecule has 0 fully saturated rings. The minimum atomic E-state index is 0.134. The fraction of sp³-hybridized carbons (Fsp3) is 0.308. The predicted octanol–water partition coefficient (Wildman–Crippen LogP) is 3.16. The number of allylic oxidation sites excluding steroid dienone is 4. The Labute approximate surface area is 85.2 Å². The Hall–Kier alpha value is -1.37. The lowest BCUT2D eigenvalue weighted by Gasteiger charge is -2.26. The summed E-state index contributed by atoms with van der Waals surface area (Å²) in [5.41, 5.74) is 2.51. The highest BCUT2D eigenvalue weighted by molar-refractivity contribution is 5.33. The van der Waals surface area contributed by atoms with Gasteiger partial charge in [-0.15, -0.1) is 0 Å². The molecule has 72 valence electrons. The summed E-state index contributed by atoms with van der Waals surface area (Å²) in [4.78, 5) is 4.34. The van der Waals surface area contributed by atoms with E-state index in [2.05, 4.69) is 48.3 Å². The molecule has 1 atom stereocenters. The Balaban J connectivity index is 2.34. The zero-order valence-corrected chi connectivity index (χ0v) is 8.70. The lowest BCUT2D eigenvalue weighted by atomic mass is 9.78. The highest BCUT2D eigenvalue weighted by Crippen LogP contribution is 2.31. The first-order valence-electron chi connectivity index (χ1n) is 4.98. The summed E-state index contributed by atoms with van der Waals surface area (Å²) in [5, 5.41) is 0. The van der Waals surface area contributed by atoms with E-state index in [9.17, 15) is 0 Å². The third-order valence-electron chi connectivity index (χ3n) is 2.82. The quantitative estimate of drug-likeness (QED) is 0.655. The van der Waals surface area contributed by atoms with Crippen LogP contribution in [0.5, 0.6) is 0 Å². The van der Waals surface area contributed by atoms with E-state index >= 15 is 0 Å². The highest BCUT2D eigenvalue weighted by Gasteiger charge is 2.23. The average Bonchev–Trinajstić information content (AvgIpc) is 2.19. The third kappa shape index (κ3) is 1.63. The Bertz CT molecular complexity index is 373. The van der Waals surface area contributed by atoms with Gasteiger partial charge >= 0.3 is 0 Å². The van der Waals surface area contributed by atoms with Crippen LogP contribution in [0, 0.1) is 6.92 Å². The number of pyridine rings is 1. The molecule has 0 amide bonds. The predicted molar refractivity (Wildman–Crippen MR) is 59.2 cm³/mol. The van der Waals surface area contributed by atoms with Crippen LogP contribution in [-0.2, 0) is 5.41 Å². The van der Waals surface area contributed by atoms with Crippen LogP contribution in [0.4, 0.5) is 0 Å². The number of rotatable bonds is 1. The molecule has 2 rings (SSSR count). The molecule has 1 heterocycles. The average molecular weight is 185 g/mol. The molecule has 1 aliphatic carbocycles. The van der Waals surface area contributed by atoms with Gasteiger partial charge in [0, 0.05) is 17.3 Å². The van der Waals surface area contributed by atoms with Crippen LogP contribution < -0.4 is 0 Å². The fourth-order valence-corrected chi connectivity index (χ4v) is 1.75. The number of nitrogens with zero attached hydrogens (tertiary/aromatic N) is 1. The molecule has 0 aromatic carbocycles. The lowest BCUT2D eigenvalue weighted by Crippen LogP contribution is -2.19. The molecule has 1 aliphatic rings. The van der Waals surface area contributed by atoms with Gasteiger partial charge in [0.1, 0.15) is 0 Å². The zero-order chi connectivity index (χ0) is 10.0. The van der Waals surface area contributed by atoms with Crippen molar-refractivity contribution in [3.63, 3.8) is 0 Å². The first-order chi connectivity index (χ1) is 6.71. The summed E-state index contributed by atoms with van der Waals surface area (Å²) in [5.74, 6) is 0. The second-order valence-corrected chi connectivity index (χ2v) is 4.10. The zero-order valence-electron chi connectivity index (χ0n) is 8.70. The summed E-state index contributed by atoms with van der Waals surface area (Å²) in [6.07, 6.45) is 11.7. The van der Waals surface area contributed by atoms with Crippen molar-refractivity contribution in [2.75, 3.05) is 0 Å². The Kier molecular flexibility index (Phi) is 2.24. The second-order valence-electron chi connectivity index (χ2n) is 4.10. The minimum absolute atomic E-state index is 0.134. The number of aryl methyl sites for hydroxylation is 1. The summed E-state index contributed by atoms with van der Waals surface area (Å²) in [6.45, 7) is 4.27. The molecule has 0 saturated heterocycles. The van der Waals surface area contributed by atoms with Crippen LogP contribution in [-0.4, -0.2) is 4.98 Å². The van der Waals surface area contributed by atoms with Crippen molar-refractivity contribution in [3.8, 4) is 0 Å². The van der Waals surface area contributed by atoms with Crippen LogP contribution in [0.1, 0.15) is 24.6 Å². The van der Waals surface area contributed by atoms with Gasteiger partial charge in [-0.05, 0) is 25.0 Å². The van der Waals surface area contributed by atoms with E-state index in [0.717, 1.165) is 12.1 Å². The highest BCUT2D eigenvalue weighted by atomic mass is 14.7. The molecule has 0 bridgehead atoms. The van der Waals surface area contributed by atoms with Crippen molar-refractivity contribution in [1.82, 2.24) is 4.98 Å². The van der Waals surface area contributed by atoms with Gasteiger partial charge in [-0.1, -0.05) is 37.3 Å². The Morgan fingerprint density at radius 3 is 2.71 bits per heavy atom. The van der Waals surface area contributed by atoms with Gasteiger partial charge in [-0.2, -0.15) is 0 Å². The van der Waals surface area contributed by atoms with Gasteiger partial charge in [-0.3, -0.25) is 4.98 Å². The van der Waals surface area contributed by atoms with Gasteiger partial charge in [0.25, 0.3) is 0 Å². The molecule has 0 radical (unpaired) electrons. The van der Waals surface area contributed by atoms with Crippen LogP contribution >= 0.6 is 0 Å². The summed E-state index contributed by atoms with van der Waals surface area (Å²) >= 11 is 0. The van der Waals surface area contributed by atoms with E-state index in [0.29, 0.717) is 0 Å². The molecular weight excluding hydrogens is 170 g/mol.